The van der Waals surface area contributed by atoms with Crippen LogP contribution in [-0.4, -0.2) is 31.1 Å². The fraction of sp³-hybridized carbons (Fsp3) is 0.133. The molecule has 0 amide bonds. The van der Waals surface area contributed by atoms with Crippen LogP contribution in [0.1, 0.15) is 35.5 Å². The minimum absolute atomic E-state index is 0.0811. The average molecular weight is 527 g/mol. The number of nitrogens with zero attached hydrogens (tertiary/aromatic N) is 1. The first kappa shape index (κ1) is 26.5. The summed E-state index contributed by atoms with van der Waals surface area (Å²) >= 11 is 0. The maximum Gasteiger partial charge on any atom is 0.354 e. The highest BCUT2D eigenvalue weighted by molar-refractivity contribution is 7.92. The first-order chi connectivity index (χ1) is 18.2. The lowest BCUT2D eigenvalue weighted by atomic mass is 10.1. The van der Waals surface area contributed by atoms with Gasteiger partial charge >= 0.3 is 5.97 Å². The number of carboxylic acids is 1. The summed E-state index contributed by atoms with van der Waals surface area (Å²) in [7, 11) is -3.87. The van der Waals surface area contributed by atoms with E-state index in [9.17, 15) is 13.2 Å². The number of benzene rings is 3. The zero-order valence-corrected chi connectivity index (χ0v) is 21.7. The fourth-order valence-corrected chi connectivity index (χ4v) is 4.53. The highest BCUT2D eigenvalue weighted by Gasteiger charge is 2.16. The number of carboxylic acid groups (broad SMARTS) is 1. The number of para-hydroxylation sites is 1. The molecule has 0 saturated heterocycles. The molecule has 0 fully saturated rings. The highest BCUT2D eigenvalue weighted by Crippen LogP contribution is 2.25. The molecule has 0 radical (unpaired) electrons. The van der Waals surface area contributed by atoms with Gasteiger partial charge in [0, 0.05) is 17.3 Å². The van der Waals surface area contributed by atoms with Crippen molar-refractivity contribution in [2.75, 3.05) is 11.3 Å². The smallest absolute Gasteiger partial charge is 0.354 e. The van der Waals surface area contributed by atoms with Gasteiger partial charge in [-0.3, -0.25) is 4.72 Å². The standard InChI is InChI=1S/C30H26N2O5S/c1-21(2)20-37-26-14-10-23(11-15-26)24-12-16-27(17-13-24)38(35,36)32-28-6-4-3-5-25(28)9-7-22-8-18-29(30(33)34)31-19-22/h3-6,8,10-19,21,32H,20H2,1-2H3,(H,33,34). The van der Waals surface area contributed by atoms with E-state index >= 15 is 0 Å². The van der Waals surface area contributed by atoms with Crippen LogP contribution in [0.4, 0.5) is 5.69 Å². The molecule has 1 aromatic heterocycles. The fourth-order valence-electron chi connectivity index (χ4n) is 3.45. The molecule has 7 nitrogen and oxygen atoms in total. The maximum absolute atomic E-state index is 13.1. The SMILES string of the molecule is CC(C)COc1ccc(-c2ccc(S(=O)(=O)Nc3ccccc3C#Cc3ccc(C(=O)O)nc3)cc2)cc1. The van der Waals surface area contributed by atoms with Crippen molar-refractivity contribution in [2.45, 2.75) is 18.7 Å². The lowest BCUT2D eigenvalue weighted by molar-refractivity contribution is 0.0690. The summed E-state index contributed by atoms with van der Waals surface area (Å²) in [5.41, 5.74) is 3.05. The van der Waals surface area contributed by atoms with E-state index in [0.717, 1.165) is 16.9 Å². The number of aromatic nitrogens is 1. The Hall–Kier alpha value is -4.61. The van der Waals surface area contributed by atoms with E-state index in [1.807, 2.05) is 24.3 Å². The first-order valence-electron chi connectivity index (χ1n) is 11.9. The molecule has 0 spiro atoms. The number of pyridine rings is 1. The van der Waals surface area contributed by atoms with Gasteiger partial charge in [0.25, 0.3) is 10.0 Å². The van der Waals surface area contributed by atoms with E-state index < -0.39 is 16.0 Å². The Labute approximate surface area is 222 Å². The van der Waals surface area contributed by atoms with E-state index in [1.165, 1.54) is 12.3 Å². The molecule has 8 heteroatoms. The van der Waals surface area contributed by atoms with Gasteiger partial charge in [-0.15, -0.1) is 0 Å². The van der Waals surface area contributed by atoms with Crippen LogP contribution in [0, 0.1) is 17.8 Å². The molecule has 4 rings (SSSR count). The molecule has 0 aliphatic rings. The number of aromatic carboxylic acids is 1. The molecule has 4 aromatic rings. The van der Waals surface area contributed by atoms with Gasteiger partial charge in [0.1, 0.15) is 11.4 Å². The van der Waals surface area contributed by atoms with Gasteiger partial charge in [0.05, 0.1) is 17.2 Å². The van der Waals surface area contributed by atoms with E-state index in [4.69, 9.17) is 9.84 Å². The second kappa shape index (κ2) is 11.6. The van der Waals surface area contributed by atoms with E-state index in [2.05, 4.69) is 35.4 Å². The molecule has 1 heterocycles. The lowest BCUT2D eigenvalue weighted by Gasteiger charge is -2.11. The van der Waals surface area contributed by atoms with Crippen LogP contribution in [0.2, 0.25) is 0 Å². The zero-order chi connectivity index (χ0) is 27.1. The summed E-state index contributed by atoms with van der Waals surface area (Å²) in [6, 6.07) is 24.0. The Balaban J connectivity index is 1.49. The van der Waals surface area contributed by atoms with Gasteiger partial charge in [-0.05, 0) is 65.6 Å². The Kier molecular flexibility index (Phi) is 8.09. The van der Waals surface area contributed by atoms with Crippen molar-refractivity contribution in [3.8, 4) is 28.7 Å². The number of anilines is 1. The van der Waals surface area contributed by atoms with Crippen molar-refractivity contribution in [3.63, 3.8) is 0 Å². The van der Waals surface area contributed by atoms with Gasteiger partial charge in [-0.2, -0.15) is 0 Å². The van der Waals surface area contributed by atoms with Crippen LogP contribution in [0.3, 0.4) is 0 Å². The molecule has 0 atom stereocenters. The van der Waals surface area contributed by atoms with Crippen LogP contribution in [0.5, 0.6) is 5.75 Å². The van der Waals surface area contributed by atoms with Crippen LogP contribution < -0.4 is 9.46 Å². The largest absolute Gasteiger partial charge is 0.493 e. The summed E-state index contributed by atoms with van der Waals surface area (Å²) < 4.78 is 34.6. The van der Waals surface area contributed by atoms with Crippen LogP contribution in [-0.2, 0) is 10.0 Å². The number of carbonyl (C=O) groups is 1. The number of sulfonamides is 1. The second-order valence-corrected chi connectivity index (χ2v) is 10.6. The van der Waals surface area contributed by atoms with Crippen LogP contribution >= 0.6 is 0 Å². The van der Waals surface area contributed by atoms with Crippen LogP contribution in [0.15, 0.2) is 96.0 Å². The van der Waals surface area contributed by atoms with Crippen molar-refractivity contribution in [1.29, 1.82) is 0 Å². The predicted molar refractivity (Wildman–Crippen MR) is 147 cm³/mol. The van der Waals surface area contributed by atoms with Crippen molar-refractivity contribution in [1.82, 2.24) is 4.98 Å². The third kappa shape index (κ3) is 6.78. The highest BCUT2D eigenvalue weighted by atomic mass is 32.2. The Morgan fingerprint density at radius 1 is 0.921 bits per heavy atom. The Morgan fingerprint density at radius 2 is 1.58 bits per heavy atom. The third-order valence-corrected chi connectivity index (χ3v) is 6.81. The number of nitrogens with one attached hydrogen (secondary N) is 1. The molecular weight excluding hydrogens is 500 g/mol. The predicted octanol–water partition coefficient (Wildman–Crippen LogP) is 5.68. The van der Waals surface area contributed by atoms with Crippen molar-refractivity contribution in [2.24, 2.45) is 5.92 Å². The minimum atomic E-state index is -3.87. The molecule has 0 bridgehead atoms. The van der Waals surface area contributed by atoms with Gasteiger partial charge in [0.15, 0.2) is 0 Å². The number of ether oxygens (including phenoxy) is 1. The molecule has 0 unspecified atom stereocenters. The zero-order valence-electron chi connectivity index (χ0n) is 20.9. The number of rotatable bonds is 8. The summed E-state index contributed by atoms with van der Waals surface area (Å²) in [6.45, 7) is 4.82. The van der Waals surface area contributed by atoms with Crippen molar-refractivity contribution >= 4 is 21.7 Å². The average Bonchev–Trinajstić information content (AvgIpc) is 2.92. The summed E-state index contributed by atoms with van der Waals surface area (Å²) in [5.74, 6) is 5.92. The maximum atomic E-state index is 13.1. The van der Waals surface area contributed by atoms with Gasteiger partial charge in [-0.25, -0.2) is 18.2 Å². The van der Waals surface area contributed by atoms with E-state index in [-0.39, 0.29) is 10.6 Å². The second-order valence-electron chi connectivity index (χ2n) is 8.89. The monoisotopic (exact) mass is 526 g/mol. The van der Waals surface area contributed by atoms with Gasteiger partial charge < -0.3 is 9.84 Å². The first-order valence-corrected chi connectivity index (χ1v) is 13.4. The Morgan fingerprint density at radius 3 is 2.18 bits per heavy atom. The molecule has 0 saturated carbocycles. The molecule has 3 aromatic carbocycles. The summed E-state index contributed by atoms with van der Waals surface area (Å²) in [4.78, 5) is 14.9. The third-order valence-electron chi connectivity index (χ3n) is 5.43. The summed E-state index contributed by atoms with van der Waals surface area (Å²) in [6.07, 6.45) is 1.36. The lowest BCUT2D eigenvalue weighted by Crippen LogP contribution is -2.13. The van der Waals surface area contributed by atoms with Crippen molar-refractivity contribution < 1.29 is 23.1 Å². The van der Waals surface area contributed by atoms with E-state index in [1.54, 1.807) is 54.6 Å². The minimum Gasteiger partial charge on any atom is -0.493 e. The van der Waals surface area contributed by atoms with E-state index in [0.29, 0.717) is 29.3 Å². The molecule has 192 valence electrons. The molecular formula is C30H26N2O5S. The van der Waals surface area contributed by atoms with Gasteiger partial charge in [-0.1, -0.05) is 62.1 Å². The topological polar surface area (TPSA) is 106 Å². The molecule has 0 aliphatic heterocycles. The normalized spacial score (nSPS) is 10.9. The van der Waals surface area contributed by atoms with Crippen molar-refractivity contribution in [3.05, 3.63) is 108 Å². The quantitative estimate of drug-likeness (QED) is 0.286. The molecule has 2 N–H and O–H groups in total. The number of hydrogen-bond donors (Lipinski definition) is 2. The molecule has 38 heavy (non-hydrogen) atoms. The van der Waals surface area contributed by atoms with Gasteiger partial charge in [0.2, 0.25) is 0 Å². The number of hydrogen-bond acceptors (Lipinski definition) is 5. The van der Waals surface area contributed by atoms with Crippen LogP contribution in [0.25, 0.3) is 11.1 Å². The Bertz CT molecular complexity index is 1580. The molecule has 0 aliphatic carbocycles. The summed E-state index contributed by atoms with van der Waals surface area (Å²) in [5, 5.41) is 8.97.